The Morgan fingerprint density at radius 3 is 2.47 bits per heavy atom. The van der Waals surface area contributed by atoms with Crippen LogP contribution < -0.4 is 5.32 Å². The molecule has 0 unspecified atom stereocenters. The molecule has 1 N–H and O–H groups in total. The topological polar surface area (TPSA) is 29.9 Å². The second kappa shape index (κ2) is 4.99. The molecule has 0 atom stereocenters. The summed E-state index contributed by atoms with van der Waals surface area (Å²) < 4.78 is 1.90. The molecule has 4 heteroatoms. The van der Waals surface area contributed by atoms with Crippen LogP contribution in [0.25, 0.3) is 5.69 Å². The van der Waals surface area contributed by atoms with Gasteiger partial charge in [0.25, 0.3) is 0 Å². The molecule has 1 aromatic heterocycles. The average molecular weight is 276 g/mol. The number of rotatable bonds is 4. The van der Waals surface area contributed by atoms with E-state index in [2.05, 4.69) is 34.7 Å². The highest BCUT2D eigenvalue weighted by Crippen LogP contribution is 2.23. The van der Waals surface area contributed by atoms with Gasteiger partial charge in [-0.15, -0.1) is 0 Å². The van der Waals surface area contributed by atoms with Gasteiger partial charge in [-0.05, 0) is 44.4 Å². The van der Waals surface area contributed by atoms with Crippen LogP contribution in [0.2, 0.25) is 5.02 Å². The molecule has 19 heavy (non-hydrogen) atoms. The van der Waals surface area contributed by atoms with E-state index in [1.165, 1.54) is 18.4 Å². The number of benzene rings is 1. The van der Waals surface area contributed by atoms with Gasteiger partial charge in [-0.2, -0.15) is 5.10 Å². The van der Waals surface area contributed by atoms with E-state index < -0.39 is 0 Å². The standard InChI is InChI=1S/C15H18ClN3/c1-10-15(16)11(2)19(18-10)14-7-3-12(4-8-14)9-17-13-5-6-13/h3-4,7-8,13,17H,5-6,9H2,1-2H3. The molecule has 3 rings (SSSR count). The van der Waals surface area contributed by atoms with E-state index in [4.69, 9.17) is 11.6 Å². The van der Waals surface area contributed by atoms with Crippen LogP contribution in [0.15, 0.2) is 24.3 Å². The Kier molecular flexibility index (Phi) is 3.33. The minimum Gasteiger partial charge on any atom is -0.310 e. The van der Waals surface area contributed by atoms with Crippen molar-refractivity contribution in [3.05, 3.63) is 46.2 Å². The molecule has 1 saturated carbocycles. The Morgan fingerprint density at radius 1 is 1.26 bits per heavy atom. The van der Waals surface area contributed by atoms with E-state index in [0.717, 1.165) is 34.7 Å². The van der Waals surface area contributed by atoms with Crippen LogP contribution in [0.1, 0.15) is 29.8 Å². The molecule has 0 bridgehead atoms. The summed E-state index contributed by atoms with van der Waals surface area (Å²) in [7, 11) is 0. The number of aromatic nitrogens is 2. The highest BCUT2D eigenvalue weighted by Gasteiger charge is 2.19. The molecule has 1 aliphatic carbocycles. The highest BCUT2D eigenvalue weighted by atomic mass is 35.5. The summed E-state index contributed by atoms with van der Waals surface area (Å²) in [6, 6.07) is 9.23. The molecule has 1 aliphatic rings. The molecule has 0 aliphatic heterocycles. The number of hydrogen-bond acceptors (Lipinski definition) is 2. The van der Waals surface area contributed by atoms with E-state index >= 15 is 0 Å². The van der Waals surface area contributed by atoms with Gasteiger partial charge in [-0.25, -0.2) is 4.68 Å². The SMILES string of the molecule is Cc1nn(-c2ccc(CNC3CC3)cc2)c(C)c1Cl. The third-order valence-corrected chi connectivity index (χ3v) is 4.10. The molecule has 0 radical (unpaired) electrons. The molecule has 3 nitrogen and oxygen atoms in total. The van der Waals surface area contributed by atoms with Crippen molar-refractivity contribution in [2.75, 3.05) is 0 Å². The van der Waals surface area contributed by atoms with Gasteiger partial charge in [0.05, 0.1) is 22.1 Å². The summed E-state index contributed by atoms with van der Waals surface area (Å²) in [6.07, 6.45) is 2.64. The van der Waals surface area contributed by atoms with E-state index in [-0.39, 0.29) is 0 Å². The van der Waals surface area contributed by atoms with Crippen LogP contribution in [0.3, 0.4) is 0 Å². The lowest BCUT2D eigenvalue weighted by molar-refractivity contribution is 0.687. The first-order valence-corrected chi connectivity index (χ1v) is 7.07. The largest absolute Gasteiger partial charge is 0.310 e. The zero-order chi connectivity index (χ0) is 13.4. The number of hydrogen-bond donors (Lipinski definition) is 1. The third-order valence-electron chi connectivity index (χ3n) is 3.56. The number of halogens is 1. The van der Waals surface area contributed by atoms with Crippen LogP contribution in [0, 0.1) is 13.8 Å². The van der Waals surface area contributed by atoms with E-state index in [0.29, 0.717) is 0 Å². The molecule has 1 heterocycles. The van der Waals surface area contributed by atoms with Gasteiger partial charge >= 0.3 is 0 Å². The van der Waals surface area contributed by atoms with Crippen molar-refractivity contribution in [3.63, 3.8) is 0 Å². The lowest BCUT2D eigenvalue weighted by atomic mass is 10.2. The Labute approximate surface area is 118 Å². The first kappa shape index (κ1) is 12.7. The van der Waals surface area contributed by atoms with Gasteiger partial charge in [0.15, 0.2) is 0 Å². The monoisotopic (exact) mass is 275 g/mol. The van der Waals surface area contributed by atoms with Crippen LogP contribution in [0.4, 0.5) is 0 Å². The molecule has 2 aromatic rings. The summed E-state index contributed by atoms with van der Waals surface area (Å²) >= 11 is 6.18. The van der Waals surface area contributed by atoms with Crippen molar-refractivity contribution in [1.82, 2.24) is 15.1 Å². The van der Waals surface area contributed by atoms with Crippen molar-refractivity contribution < 1.29 is 0 Å². The van der Waals surface area contributed by atoms with Gasteiger partial charge in [-0.3, -0.25) is 0 Å². The fraction of sp³-hybridized carbons (Fsp3) is 0.400. The molecular weight excluding hydrogens is 258 g/mol. The summed E-state index contributed by atoms with van der Waals surface area (Å²) in [5.74, 6) is 0. The summed E-state index contributed by atoms with van der Waals surface area (Å²) in [5.41, 5.74) is 4.23. The van der Waals surface area contributed by atoms with Gasteiger partial charge in [0, 0.05) is 12.6 Å². The molecule has 1 fully saturated rings. The number of aryl methyl sites for hydroxylation is 1. The van der Waals surface area contributed by atoms with Gasteiger partial charge < -0.3 is 5.32 Å². The summed E-state index contributed by atoms with van der Waals surface area (Å²) in [6.45, 7) is 4.87. The lowest BCUT2D eigenvalue weighted by Gasteiger charge is -2.07. The molecule has 0 spiro atoms. The van der Waals surface area contributed by atoms with E-state index in [1.54, 1.807) is 0 Å². The maximum atomic E-state index is 6.18. The molecule has 100 valence electrons. The van der Waals surface area contributed by atoms with Crippen LogP contribution in [0.5, 0.6) is 0 Å². The molecular formula is C15H18ClN3. The van der Waals surface area contributed by atoms with Crippen molar-refractivity contribution >= 4 is 11.6 Å². The predicted molar refractivity (Wildman–Crippen MR) is 77.9 cm³/mol. The van der Waals surface area contributed by atoms with E-state index in [1.807, 2.05) is 18.5 Å². The second-order valence-corrected chi connectivity index (χ2v) is 5.60. The van der Waals surface area contributed by atoms with Crippen molar-refractivity contribution in [2.45, 2.75) is 39.3 Å². The van der Waals surface area contributed by atoms with Crippen LogP contribution in [-0.2, 0) is 6.54 Å². The minimum atomic E-state index is 0.745. The Bertz CT molecular complexity index is 582. The van der Waals surface area contributed by atoms with Gasteiger partial charge in [-0.1, -0.05) is 23.7 Å². The van der Waals surface area contributed by atoms with E-state index in [9.17, 15) is 0 Å². The molecule has 1 aromatic carbocycles. The summed E-state index contributed by atoms with van der Waals surface area (Å²) in [5, 5.41) is 8.73. The zero-order valence-electron chi connectivity index (χ0n) is 11.3. The van der Waals surface area contributed by atoms with Crippen molar-refractivity contribution in [1.29, 1.82) is 0 Å². The third kappa shape index (κ3) is 2.67. The lowest BCUT2D eigenvalue weighted by Crippen LogP contribution is -2.15. The Balaban J connectivity index is 1.78. The first-order valence-electron chi connectivity index (χ1n) is 6.69. The zero-order valence-corrected chi connectivity index (χ0v) is 12.0. The maximum Gasteiger partial charge on any atom is 0.0848 e. The Hall–Kier alpha value is -1.32. The number of nitrogens with one attached hydrogen (secondary N) is 1. The molecule has 0 saturated heterocycles. The van der Waals surface area contributed by atoms with Gasteiger partial charge in [0.1, 0.15) is 0 Å². The van der Waals surface area contributed by atoms with Gasteiger partial charge in [0.2, 0.25) is 0 Å². The number of nitrogens with zero attached hydrogens (tertiary/aromatic N) is 2. The smallest absolute Gasteiger partial charge is 0.0848 e. The van der Waals surface area contributed by atoms with Crippen LogP contribution >= 0.6 is 11.6 Å². The van der Waals surface area contributed by atoms with Crippen molar-refractivity contribution in [2.24, 2.45) is 0 Å². The maximum absolute atomic E-state index is 6.18. The summed E-state index contributed by atoms with van der Waals surface area (Å²) in [4.78, 5) is 0. The fourth-order valence-corrected chi connectivity index (χ4v) is 2.30. The quantitative estimate of drug-likeness (QED) is 0.927. The molecule has 0 amide bonds. The Morgan fingerprint density at radius 2 is 1.95 bits per heavy atom. The second-order valence-electron chi connectivity index (χ2n) is 5.22. The van der Waals surface area contributed by atoms with Crippen LogP contribution in [-0.4, -0.2) is 15.8 Å². The first-order chi connectivity index (χ1) is 9.15. The normalized spacial score (nSPS) is 14.9. The van der Waals surface area contributed by atoms with Crippen molar-refractivity contribution in [3.8, 4) is 5.69 Å². The minimum absolute atomic E-state index is 0.745. The highest BCUT2D eigenvalue weighted by molar-refractivity contribution is 6.31. The average Bonchev–Trinajstić information content (AvgIpc) is 3.21. The predicted octanol–water partition coefficient (Wildman–Crippen LogP) is 3.39. The fourth-order valence-electron chi connectivity index (χ4n) is 2.18.